The Bertz CT molecular complexity index is 928. The van der Waals surface area contributed by atoms with Crippen molar-refractivity contribution in [1.82, 2.24) is 20.2 Å². The molecule has 1 N–H and O–H groups in total. The van der Waals surface area contributed by atoms with Crippen molar-refractivity contribution in [2.24, 2.45) is 0 Å². The zero-order chi connectivity index (χ0) is 20.1. The van der Waals surface area contributed by atoms with Crippen LogP contribution in [0.5, 0.6) is 11.5 Å². The van der Waals surface area contributed by atoms with Gasteiger partial charge in [0.1, 0.15) is 18.1 Å². The fourth-order valence-electron chi connectivity index (χ4n) is 2.70. The normalized spacial score (nSPS) is 12.0. The Hall–Kier alpha value is -2.58. The minimum Gasteiger partial charge on any atom is -0.497 e. The summed E-state index contributed by atoms with van der Waals surface area (Å²) in [5, 5.41) is 22.8. The van der Waals surface area contributed by atoms with Gasteiger partial charge in [-0.2, -0.15) is 4.68 Å². The molecular weight excluding hydrogens is 376 g/mol. The summed E-state index contributed by atoms with van der Waals surface area (Å²) in [5.74, 6) is 2.02. The number of methoxy groups -OCH3 is 1. The van der Waals surface area contributed by atoms with Crippen LogP contribution in [0, 0.1) is 20.8 Å². The van der Waals surface area contributed by atoms with Gasteiger partial charge in [0.25, 0.3) is 0 Å². The van der Waals surface area contributed by atoms with E-state index in [-0.39, 0.29) is 6.61 Å². The van der Waals surface area contributed by atoms with Crippen LogP contribution in [-0.4, -0.2) is 50.9 Å². The molecule has 0 aliphatic rings. The molecule has 1 aromatic heterocycles. The molecule has 1 atom stereocenters. The molecule has 1 heterocycles. The van der Waals surface area contributed by atoms with E-state index < -0.39 is 6.10 Å². The van der Waals surface area contributed by atoms with E-state index in [4.69, 9.17) is 9.47 Å². The SMILES string of the molecule is COc1ccc(-n2nnnc2SC[C@H](O)COc2c(C)ccc(C)c2C)cc1. The Kier molecular flexibility index (Phi) is 6.53. The lowest BCUT2D eigenvalue weighted by molar-refractivity contribution is 0.125. The second-order valence-corrected chi connectivity index (χ2v) is 7.49. The average molecular weight is 401 g/mol. The minimum atomic E-state index is -0.648. The Labute approximate surface area is 168 Å². The number of rotatable bonds is 8. The van der Waals surface area contributed by atoms with Gasteiger partial charge in [-0.15, -0.1) is 5.10 Å². The summed E-state index contributed by atoms with van der Waals surface area (Å²) >= 11 is 1.38. The minimum absolute atomic E-state index is 0.211. The lowest BCUT2D eigenvalue weighted by atomic mass is 10.1. The number of hydrogen-bond acceptors (Lipinski definition) is 7. The lowest BCUT2D eigenvalue weighted by Gasteiger charge is -2.16. The number of aryl methyl sites for hydroxylation is 2. The smallest absolute Gasteiger partial charge is 0.214 e. The Morgan fingerprint density at radius 2 is 1.79 bits per heavy atom. The van der Waals surface area contributed by atoms with Crippen molar-refractivity contribution in [3.8, 4) is 17.2 Å². The van der Waals surface area contributed by atoms with Crippen LogP contribution < -0.4 is 9.47 Å². The van der Waals surface area contributed by atoms with Crippen LogP contribution in [-0.2, 0) is 0 Å². The molecule has 7 nitrogen and oxygen atoms in total. The summed E-state index contributed by atoms with van der Waals surface area (Å²) in [6.07, 6.45) is -0.648. The van der Waals surface area contributed by atoms with Gasteiger partial charge in [0, 0.05) is 5.75 Å². The van der Waals surface area contributed by atoms with Crippen LogP contribution in [0.2, 0.25) is 0 Å². The van der Waals surface area contributed by atoms with Crippen LogP contribution in [0.4, 0.5) is 0 Å². The number of ether oxygens (including phenoxy) is 2. The number of nitrogens with zero attached hydrogens (tertiary/aromatic N) is 4. The Balaban J connectivity index is 1.59. The van der Waals surface area contributed by atoms with E-state index in [1.807, 2.05) is 51.1 Å². The molecule has 2 aromatic carbocycles. The molecule has 3 aromatic rings. The van der Waals surface area contributed by atoms with E-state index in [9.17, 15) is 5.11 Å². The van der Waals surface area contributed by atoms with Gasteiger partial charge in [-0.1, -0.05) is 23.9 Å². The second kappa shape index (κ2) is 9.07. The topological polar surface area (TPSA) is 82.3 Å². The van der Waals surface area contributed by atoms with Crippen molar-refractivity contribution in [3.05, 3.63) is 53.1 Å². The molecule has 3 rings (SSSR count). The molecule has 0 amide bonds. The molecule has 0 aliphatic carbocycles. The van der Waals surface area contributed by atoms with E-state index in [0.717, 1.165) is 28.3 Å². The molecule has 0 aliphatic heterocycles. The number of benzene rings is 2. The number of aliphatic hydroxyl groups excluding tert-OH is 1. The number of aliphatic hydroxyl groups is 1. The van der Waals surface area contributed by atoms with Gasteiger partial charge in [-0.05, 0) is 72.2 Å². The Morgan fingerprint density at radius 3 is 2.50 bits per heavy atom. The summed E-state index contributed by atoms with van der Waals surface area (Å²) < 4.78 is 12.7. The lowest BCUT2D eigenvalue weighted by Crippen LogP contribution is -2.21. The maximum absolute atomic E-state index is 10.3. The highest BCUT2D eigenvalue weighted by molar-refractivity contribution is 7.99. The van der Waals surface area contributed by atoms with E-state index >= 15 is 0 Å². The largest absolute Gasteiger partial charge is 0.497 e. The summed E-state index contributed by atoms with van der Waals surface area (Å²) in [7, 11) is 1.62. The molecule has 8 heteroatoms. The third kappa shape index (κ3) is 4.63. The van der Waals surface area contributed by atoms with Gasteiger partial charge in [-0.3, -0.25) is 0 Å². The van der Waals surface area contributed by atoms with Crippen molar-refractivity contribution in [3.63, 3.8) is 0 Å². The van der Waals surface area contributed by atoms with Gasteiger partial charge >= 0.3 is 0 Å². The summed E-state index contributed by atoms with van der Waals surface area (Å²) in [6.45, 7) is 6.29. The van der Waals surface area contributed by atoms with Crippen LogP contribution in [0.25, 0.3) is 5.69 Å². The zero-order valence-corrected chi connectivity index (χ0v) is 17.2. The third-order valence-corrected chi connectivity index (χ3v) is 5.52. The number of hydrogen-bond donors (Lipinski definition) is 1. The van der Waals surface area contributed by atoms with Crippen molar-refractivity contribution < 1.29 is 14.6 Å². The van der Waals surface area contributed by atoms with Crippen LogP contribution in [0.3, 0.4) is 0 Å². The van der Waals surface area contributed by atoms with Gasteiger partial charge < -0.3 is 14.6 Å². The maximum atomic E-state index is 10.3. The van der Waals surface area contributed by atoms with Crippen LogP contribution >= 0.6 is 11.8 Å². The van der Waals surface area contributed by atoms with Crippen LogP contribution in [0.15, 0.2) is 41.6 Å². The summed E-state index contributed by atoms with van der Waals surface area (Å²) in [4.78, 5) is 0. The number of tetrazole rings is 1. The molecular formula is C20H24N4O3S. The van der Waals surface area contributed by atoms with Crippen molar-refractivity contribution in [2.75, 3.05) is 19.5 Å². The molecule has 28 heavy (non-hydrogen) atoms. The number of aromatic nitrogens is 4. The first-order valence-corrected chi connectivity index (χ1v) is 9.91. The van der Waals surface area contributed by atoms with Gasteiger partial charge in [-0.25, -0.2) is 0 Å². The van der Waals surface area contributed by atoms with E-state index in [1.54, 1.807) is 11.8 Å². The predicted octanol–water partition coefficient (Wildman–Crippen LogP) is 3.13. The molecule has 0 fully saturated rings. The molecule has 148 valence electrons. The summed E-state index contributed by atoms with van der Waals surface area (Å²) in [5.41, 5.74) is 4.16. The second-order valence-electron chi connectivity index (χ2n) is 6.50. The molecule has 0 spiro atoms. The summed E-state index contributed by atoms with van der Waals surface area (Å²) in [6, 6.07) is 11.6. The van der Waals surface area contributed by atoms with E-state index in [2.05, 4.69) is 21.6 Å². The highest BCUT2D eigenvalue weighted by atomic mass is 32.2. The van der Waals surface area contributed by atoms with Gasteiger partial charge in [0.2, 0.25) is 5.16 Å². The fourth-order valence-corrected chi connectivity index (χ4v) is 3.50. The first-order valence-electron chi connectivity index (χ1n) is 8.93. The molecule has 0 saturated heterocycles. The zero-order valence-electron chi connectivity index (χ0n) is 16.4. The predicted molar refractivity (Wildman–Crippen MR) is 109 cm³/mol. The van der Waals surface area contributed by atoms with Crippen molar-refractivity contribution >= 4 is 11.8 Å². The van der Waals surface area contributed by atoms with Crippen molar-refractivity contribution in [1.29, 1.82) is 0 Å². The standard InChI is InChI=1S/C20H24N4O3S/c1-13-5-6-14(2)19(15(13)3)27-11-17(25)12-28-20-21-22-23-24(20)16-7-9-18(26-4)10-8-16/h5-10,17,25H,11-12H2,1-4H3/t17-/m1/s1. The molecule has 0 bridgehead atoms. The van der Waals surface area contributed by atoms with Crippen LogP contribution in [0.1, 0.15) is 16.7 Å². The van der Waals surface area contributed by atoms with E-state index in [0.29, 0.717) is 10.9 Å². The molecule has 0 saturated carbocycles. The number of thioether (sulfide) groups is 1. The maximum Gasteiger partial charge on any atom is 0.214 e. The molecule has 0 radical (unpaired) electrons. The molecule has 0 unspecified atom stereocenters. The average Bonchev–Trinajstić information content (AvgIpc) is 3.18. The van der Waals surface area contributed by atoms with Crippen molar-refractivity contribution in [2.45, 2.75) is 32.0 Å². The van der Waals surface area contributed by atoms with E-state index in [1.165, 1.54) is 17.3 Å². The quantitative estimate of drug-likeness (QED) is 0.582. The Morgan fingerprint density at radius 1 is 1.07 bits per heavy atom. The fraction of sp³-hybridized carbons (Fsp3) is 0.350. The first kappa shape index (κ1) is 20.2. The monoisotopic (exact) mass is 400 g/mol. The van der Waals surface area contributed by atoms with Gasteiger partial charge in [0.15, 0.2) is 0 Å². The highest BCUT2D eigenvalue weighted by Crippen LogP contribution is 2.26. The third-order valence-electron chi connectivity index (χ3n) is 4.46. The first-order chi connectivity index (χ1) is 13.5. The highest BCUT2D eigenvalue weighted by Gasteiger charge is 2.14. The van der Waals surface area contributed by atoms with Gasteiger partial charge in [0.05, 0.1) is 18.9 Å².